The van der Waals surface area contributed by atoms with E-state index in [1.54, 1.807) is 0 Å². The fraction of sp³-hybridized carbons (Fsp3) is 0.957. The van der Waals surface area contributed by atoms with Crippen LogP contribution in [0.5, 0.6) is 0 Å². The van der Waals surface area contributed by atoms with E-state index in [4.69, 9.17) is 0 Å². The average Bonchev–Trinajstić information content (AvgIpc) is 2.54. The Morgan fingerprint density at radius 3 is 1.88 bits per heavy atom. The first-order valence-corrected chi connectivity index (χ1v) is 11.1. The molecule has 3 heteroatoms. The average molecular weight is 368 g/mol. The molecule has 6 atom stereocenters. The van der Waals surface area contributed by atoms with E-state index < -0.39 is 0 Å². The summed E-state index contributed by atoms with van der Waals surface area (Å²) in [6, 6.07) is 0. The molecule has 6 unspecified atom stereocenters. The fourth-order valence-corrected chi connectivity index (χ4v) is 4.96. The van der Waals surface area contributed by atoms with E-state index in [9.17, 15) is 9.90 Å². The number of rotatable bonds is 4. The highest BCUT2D eigenvalue weighted by Crippen LogP contribution is 2.38. The summed E-state index contributed by atoms with van der Waals surface area (Å²) >= 11 is 0. The second kappa shape index (κ2) is 11.3. The Morgan fingerprint density at radius 2 is 1.42 bits per heavy atom. The third-order valence-electron chi connectivity index (χ3n) is 6.70. The zero-order valence-corrected chi connectivity index (χ0v) is 18.4. The molecule has 26 heavy (non-hydrogen) atoms. The predicted octanol–water partition coefficient (Wildman–Crippen LogP) is 5.27. The molecule has 2 fully saturated rings. The molecule has 3 nitrogen and oxygen atoms in total. The molecule has 2 saturated carbocycles. The van der Waals surface area contributed by atoms with E-state index >= 15 is 0 Å². The summed E-state index contributed by atoms with van der Waals surface area (Å²) < 4.78 is 0. The summed E-state index contributed by atoms with van der Waals surface area (Å²) in [5, 5.41) is 12.7. The van der Waals surface area contributed by atoms with Gasteiger partial charge in [0.25, 0.3) is 0 Å². The maximum atomic E-state index is 11.9. The van der Waals surface area contributed by atoms with Crippen LogP contribution in [-0.2, 0) is 4.79 Å². The van der Waals surface area contributed by atoms with Crippen LogP contribution in [0, 0.1) is 41.4 Å². The molecule has 0 heterocycles. The first kappa shape index (κ1) is 23.5. The van der Waals surface area contributed by atoms with Crippen LogP contribution in [0.25, 0.3) is 0 Å². The molecule has 1 amide bonds. The third kappa shape index (κ3) is 7.21. The van der Waals surface area contributed by atoms with Crippen LogP contribution in [0.1, 0.15) is 87.0 Å². The summed E-state index contributed by atoms with van der Waals surface area (Å²) in [6.07, 6.45) is 7.11. The summed E-state index contributed by atoms with van der Waals surface area (Å²) in [4.78, 5) is 11.9. The first-order chi connectivity index (χ1) is 12.2. The third-order valence-corrected chi connectivity index (χ3v) is 6.70. The van der Waals surface area contributed by atoms with E-state index in [1.165, 1.54) is 25.7 Å². The molecule has 0 aliphatic heterocycles. The monoisotopic (exact) mass is 367 g/mol. The number of nitrogens with one attached hydrogen (secondary N) is 1. The smallest absolute Gasteiger partial charge is 0.223 e. The maximum Gasteiger partial charge on any atom is 0.223 e. The van der Waals surface area contributed by atoms with E-state index in [-0.39, 0.29) is 17.9 Å². The number of carbonyl (C=O) groups is 1. The van der Waals surface area contributed by atoms with E-state index in [1.807, 2.05) is 6.92 Å². The van der Waals surface area contributed by atoms with Crippen molar-refractivity contribution in [3.8, 4) is 0 Å². The van der Waals surface area contributed by atoms with Gasteiger partial charge in [0, 0.05) is 12.5 Å². The quantitative estimate of drug-likeness (QED) is 0.711. The lowest BCUT2D eigenvalue weighted by Gasteiger charge is -2.36. The molecule has 0 aromatic rings. The molecule has 0 saturated heterocycles. The second-order valence-electron chi connectivity index (χ2n) is 9.72. The summed E-state index contributed by atoms with van der Waals surface area (Å²) in [7, 11) is 0. The fourth-order valence-electron chi connectivity index (χ4n) is 4.96. The van der Waals surface area contributed by atoms with Gasteiger partial charge in [0.15, 0.2) is 0 Å². The minimum Gasteiger partial charge on any atom is -0.393 e. The van der Waals surface area contributed by atoms with Gasteiger partial charge in [-0.05, 0) is 68.1 Å². The highest BCUT2D eigenvalue weighted by molar-refractivity contribution is 5.79. The molecule has 0 aromatic carbocycles. The van der Waals surface area contributed by atoms with Gasteiger partial charge >= 0.3 is 0 Å². The Morgan fingerprint density at radius 1 is 0.923 bits per heavy atom. The first-order valence-electron chi connectivity index (χ1n) is 11.1. The minimum absolute atomic E-state index is 0.0289. The normalized spacial score (nSPS) is 35.0. The molecular formula is C23H45NO2. The van der Waals surface area contributed by atoms with Gasteiger partial charge in [-0.1, -0.05) is 54.4 Å². The Bertz CT molecular complexity index is 407. The van der Waals surface area contributed by atoms with Gasteiger partial charge in [0.1, 0.15) is 0 Å². The summed E-state index contributed by atoms with van der Waals surface area (Å²) in [5.74, 6) is 4.42. The van der Waals surface area contributed by atoms with Gasteiger partial charge < -0.3 is 10.4 Å². The Labute approximate surface area is 162 Å². The van der Waals surface area contributed by atoms with Crippen LogP contribution in [0.3, 0.4) is 0 Å². The van der Waals surface area contributed by atoms with Crippen LogP contribution in [0.15, 0.2) is 0 Å². The van der Waals surface area contributed by atoms with Gasteiger partial charge in [-0.3, -0.25) is 4.79 Å². The topological polar surface area (TPSA) is 49.3 Å². The summed E-state index contributed by atoms with van der Waals surface area (Å²) in [5.41, 5.74) is 0. The number of hydrogen-bond donors (Lipinski definition) is 2. The van der Waals surface area contributed by atoms with Crippen molar-refractivity contribution in [3.05, 3.63) is 0 Å². The molecule has 2 N–H and O–H groups in total. The predicted molar refractivity (Wildman–Crippen MR) is 111 cm³/mol. The lowest BCUT2D eigenvalue weighted by Crippen LogP contribution is -2.40. The van der Waals surface area contributed by atoms with Crippen molar-refractivity contribution in [2.45, 2.75) is 93.1 Å². The number of aliphatic hydroxyl groups excluding tert-OH is 1. The maximum absolute atomic E-state index is 11.9. The molecule has 154 valence electrons. The molecule has 0 radical (unpaired) electrons. The van der Waals surface area contributed by atoms with Crippen molar-refractivity contribution in [2.75, 3.05) is 6.54 Å². The van der Waals surface area contributed by atoms with Gasteiger partial charge in [-0.15, -0.1) is 0 Å². The number of hydrogen-bond acceptors (Lipinski definition) is 2. The largest absolute Gasteiger partial charge is 0.393 e. The van der Waals surface area contributed by atoms with Crippen molar-refractivity contribution in [1.82, 2.24) is 5.32 Å². The molecular weight excluding hydrogens is 322 g/mol. The van der Waals surface area contributed by atoms with Crippen LogP contribution in [-0.4, -0.2) is 23.7 Å². The van der Waals surface area contributed by atoms with Gasteiger partial charge in [-0.2, -0.15) is 0 Å². The zero-order chi connectivity index (χ0) is 19.9. The molecule has 2 aliphatic carbocycles. The van der Waals surface area contributed by atoms with E-state index in [0.29, 0.717) is 29.6 Å². The van der Waals surface area contributed by atoms with Crippen molar-refractivity contribution in [2.24, 2.45) is 41.4 Å². The van der Waals surface area contributed by atoms with Crippen molar-refractivity contribution < 1.29 is 9.90 Å². The van der Waals surface area contributed by atoms with Gasteiger partial charge in [-0.25, -0.2) is 0 Å². The van der Waals surface area contributed by atoms with Crippen LogP contribution >= 0.6 is 0 Å². The molecule has 0 bridgehead atoms. The van der Waals surface area contributed by atoms with Crippen LogP contribution in [0.4, 0.5) is 0 Å². The van der Waals surface area contributed by atoms with Crippen LogP contribution in [0.2, 0.25) is 0 Å². The number of aliphatic hydroxyl groups is 1. The highest BCUT2D eigenvalue weighted by atomic mass is 16.3. The number of carbonyl (C=O) groups excluding carboxylic acids is 1. The second-order valence-corrected chi connectivity index (χ2v) is 9.72. The van der Waals surface area contributed by atoms with Crippen LogP contribution < -0.4 is 5.32 Å². The van der Waals surface area contributed by atoms with Crippen molar-refractivity contribution in [1.29, 1.82) is 0 Å². The van der Waals surface area contributed by atoms with Crippen molar-refractivity contribution >= 4 is 5.91 Å². The SMILES string of the molecule is CC1CCC(C(C)C)C(O)C1.CCNC(=O)C1CC(C)CCC1C(C)C. The van der Waals surface area contributed by atoms with E-state index in [0.717, 1.165) is 25.3 Å². The Kier molecular flexibility index (Phi) is 10.2. The minimum atomic E-state index is -0.0289. The zero-order valence-electron chi connectivity index (χ0n) is 18.4. The highest BCUT2D eigenvalue weighted by Gasteiger charge is 2.35. The van der Waals surface area contributed by atoms with Gasteiger partial charge in [0.05, 0.1) is 6.10 Å². The van der Waals surface area contributed by atoms with Gasteiger partial charge in [0.2, 0.25) is 5.91 Å². The molecule has 0 spiro atoms. The lowest BCUT2D eigenvalue weighted by atomic mass is 9.70. The molecule has 0 aromatic heterocycles. The molecule has 2 rings (SSSR count). The van der Waals surface area contributed by atoms with Crippen molar-refractivity contribution in [3.63, 3.8) is 0 Å². The van der Waals surface area contributed by atoms with E-state index in [2.05, 4.69) is 46.9 Å². The summed E-state index contributed by atoms with van der Waals surface area (Å²) in [6.45, 7) is 16.2. The Balaban J connectivity index is 0.000000273. The number of amides is 1. The lowest BCUT2D eigenvalue weighted by molar-refractivity contribution is -0.129. The Hall–Kier alpha value is -0.570. The molecule has 2 aliphatic rings. The standard InChI is InChI=1S/C13H25NO.C10H20O/c1-5-14-13(15)12-8-10(4)6-7-11(12)9(2)3;1-7(2)9-5-4-8(3)6-10(9)11/h9-12H,5-8H2,1-4H3,(H,14,15);7-11H,4-6H2,1-3H3.